The smallest absolute Gasteiger partial charge is 0.0925 e. The Labute approximate surface area is 109 Å². The molecule has 2 heterocycles. The van der Waals surface area contributed by atoms with Gasteiger partial charge in [0.1, 0.15) is 0 Å². The molecular formula is C13H24N4O. The second-order valence-electron chi connectivity index (χ2n) is 5.17. The molecule has 1 aromatic heterocycles. The average molecular weight is 252 g/mol. The van der Waals surface area contributed by atoms with Gasteiger partial charge in [0.25, 0.3) is 0 Å². The molecule has 0 bridgehead atoms. The maximum atomic E-state index is 5.39. The summed E-state index contributed by atoms with van der Waals surface area (Å²) in [5.74, 6) is 0. The molecule has 1 aliphatic heterocycles. The van der Waals surface area contributed by atoms with Crippen LogP contribution >= 0.6 is 0 Å². The van der Waals surface area contributed by atoms with E-state index in [1.54, 1.807) is 6.33 Å². The summed E-state index contributed by atoms with van der Waals surface area (Å²) in [7, 11) is 2.16. The second-order valence-corrected chi connectivity index (χ2v) is 5.17. The number of aromatic amines is 1. The third-order valence-electron chi connectivity index (χ3n) is 3.60. The van der Waals surface area contributed by atoms with E-state index in [2.05, 4.69) is 40.7 Å². The Hall–Kier alpha value is -0.910. The van der Waals surface area contributed by atoms with Crippen LogP contribution in [-0.2, 0) is 11.3 Å². The molecule has 0 aromatic carbocycles. The van der Waals surface area contributed by atoms with Crippen LogP contribution in [-0.4, -0.2) is 65.7 Å². The molecule has 102 valence electrons. The lowest BCUT2D eigenvalue weighted by Crippen LogP contribution is -2.46. The van der Waals surface area contributed by atoms with Gasteiger partial charge in [-0.2, -0.15) is 0 Å². The van der Waals surface area contributed by atoms with Gasteiger partial charge in [0.05, 0.1) is 25.2 Å². The van der Waals surface area contributed by atoms with Crippen molar-refractivity contribution in [1.29, 1.82) is 0 Å². The van der Waals surface area contributed by atoms with Crippen molar-refractivity contribution in [2.45, 2.75) is 26.4 Å². The number of likely N-dealkylation sites (N-methyl/N-ethyl adjacent to an activating group) is 1. The summed E-state index contributed by atoms with van der Waals surface area (Å²) in [4.78, 5) is 12.3. The van der Waals surface area contributed by atoms with Crippen molar-refractivity contribution in [3.05, 3.63) is 17.7 Å². The number of hydrogen-bond donors (Lipinski definition) is 1. The molecule has 0 saturated carbocycles. The SMILES string of the molecule is Cc1[nH]cnc1CN(C)C[C@H](C)N1CCOCC1. The number of imidazole rings is 1. The first kappa shape index (κ1) is 13.5. The summed E-state index contributed by atoms with van der Waals surface area (Å²) >= 11 is 0. The van der Waals surface area contributed by atoms with Gasteiger partial charge in [-0.05, 0) is 20.9 Å². The van der Waals surface area contributed by atoms with Crippen LogP contribution in [0.2, 0.25) is 0 Å². The second kappa shape index (κ2) is 6.31. The molecule has 18 heavy (non-hydrogen) atoms. The summed E-state index contributed by atoms with van der Waals surface area (Å²) in [6.45, 7) is 10.2. The monoisotopic (exact) mass is 252 g/mol. The predicted molar refractivity (Wildman–Crippen MR) is 71.5 cm³/mol. The van der Waals surface area contributed by atoms with Crippen LogP contribution < -0.4 is 0 Å². The van der Waals surface area contributed by atoms with Gasteiger partial charge in [-0.3, -0.25) is 9.80 Å². The van der Waals surface area contributed by atoms with Crippen molar-refractivity contribution in [3.63, 3.8) is 0 Å². The van der Waals surface area contributed by atoms with Gasteiger partial charge in [-0.15, -0.1) is 0 Å². The number of H-pyrrole nitrogens is 1. The summed E-state index contributed by atoms with van der Waals surface area (Å²) in [5.41, 5.74) is 2.31. The summed E-state index contributed by atoms with van der Waals surface area (Å²) < 4.78 is 5.39. The topological polar surface area (TPSA) is 44.4 Å². The number of nitrogens with zero attached hydrogens (tertiary/aromatic N) is 3. The number of morpholine rings is 1. The van der Waals surface area contributed by atoms with E-state index in [0.717, 1.165) is 45.1 Å². The van der Waals surface area contributed by atoms with Crippen LogP contribution in [0.5, 0.6) is 0 Å². The molecule has 1 atom stereocenters. The van der Waals surface area contributed by atoms with Gasteiger partial charge in [-0.1, -0.05) is 0 Å². The number of hydrogen-bond acceptors (Lipinski definition) is 4. The van der Waals surface area contributed by atoms with Crippen molar-refractivity contribution in [2.75, 3.05) is 39.9 Å². The fraction of sp³-hybridized carbons (Fsp3) is 0.769. The maximum absolute atomic E-state index is 5.39. The molecule has 2 rings (SSSR count). The summed E-state index contributed by atoms with van der Waals surface area (Å²) in [6, 6.07) is 0.568. The quantitative estimate of drug-likeness (QED) is 0.844. The summed E-state index contributed by atoms with van der Waals surface area (Å²) in [5, 5.41) is 0. The van der Waals surface area contributed by atoms with Crippen LogP contribution in [0, 0.1) is 6.92 Å². The molecule has 0 amide bonds. The highest BCUT2D eigenvalue weighted by Crippen LogP contribution is 2.08. The Morgan fingerprint density at radius 1 is 1.50 bits per heavy atom. The van der Waals surface area contributed by atoms with E-state index in [1.807, 2.05) is 0 Å². The van der Waals surface area contributed by atoms with E-state index in [4.69, 9.17) is 4.74 Å². The van der Waals surface area contributed by atoms with Crippen molar-refractivity contribution in [3.8, 4) is 0 Å². The molecule has 0 spiro atoms. The highest BCUT2D eigenvalue weighted by molar-refractivity contribution is 5.08. The van der Waals surface area contributed by atoms with Gasteiger partial charge >= 0.3 is 0 Å². The Balaban J connectivity index is 1.79. The van der Waals surface area contributed by atoms with Crippen LogP contribution in [0.1, 0.15) is 18.3 Å². The van der Waals surface area contributed by atoms with Crippen LogP contribution in [0.3, 0.4) is 0 Å². The molecular weight excluding hydrogens is 228 g/mol. The molecule has 1 N–H and O–H groups in total. The minimum atomic E-state index is 0.568. The molecule has 1 aliphatic rings. The molecule has 5 nitrogen and oxygen atoms in total. The fourth-order valence-electron chi connectivity index (χ4n) is 2.45. The zero-order chi connectivity index (χ0) is 13.0. The zero-order valence-corrected chi connectivity index (χ0v) is 11.6. The van der Waals surface area contributed by atoms with E-state index >= 15 is 0 Å². The van der Waals surface area contributed by atoms with E-state index in [-0.39, 0.29) is 0 Å². The first-order valence-corrected chi connectivity index (χ1v) is 6.66. The number of rotatable bonds is 5. The number of nitrogens with one attached hydrogen (secondary N) is 1. The molecule has 0 radical (unpaired) electrons. The molecule has 5 heteroatoms. The Bertz CT molecular complexity index is 360. The van der Waals surface area contributed by atoms with Gasteiger partial charge in [0, 0.05) is 37.9 Å². The zero-order valence-electron chi connectivity index (χ0n) is 11.6. The molecule has 1 saturated heterocycles. The van der Waals surface area contributed by atoms with Crippen molar-refractivity contribution < 1.29 is 4.74 Å². The Morgan fingerprint density at radius 2 is 2.22 bits per heavy atom. The van der Waals surface area contributed by atoms with Crippen molar-refractivity contribution in [2.24, 2.45) is 0 Å². The maximum Gasteiger partial charge on any atom is 0.0925 e. The van der Waals surface area contributed by atoms with E-state index in [1.165, 1.54) is 5.69 Å². The van der Waals surface area contributed by atoms with Gasteiger partial charge in [0.2, 0.25) is 0 Å². The van der Waals surface area contributed by atoms with Gasteiger partial charge < -0.3 is 9.72 Å². The molecule has 1 aromatic rings. The highest BCUT2D eigenvalue weighted by Gasteiger charge is 2.18. The minimum absolute atomic E-state index is 0.568. The number of aromatic nitrogens is 2. The van der Waals surface area contributed by atoms with E-state index < -0.39 is 0 Å². The lowest BCUT2D eigenvalue weighted by molar-refractivity contribution is 0.0136. The van der Waals surface area contributed by atoms with Crippen molar-refractivity contribution >= 4 is 0 Å². The largest absolute Gasteiger partial charge is 0.379 e. The first-order valence-electron chi connectivity index (χ1n) is 6.66. The van der Waals surface area contributed by atoms with E-state index in [9.17, 15) is 0 Å². The lowest BCUT2D eigenvalue weighted by atomic mass is 10.2. The van der Waals surface area contributed by atoms with Crippen LogP contribution in [0.25, 0.3) is 0 Å². The standard InChI is InChI=1S/C13H24N4O/c1-11(17-4-6-18-7-5-17)8-16(3)9-13-12(2)14-10-15-13/h10-11H,4-9H2,1-3H3,(H,14,15)/t11-/m0/s1. The Morgan fingerprint density at radius 3 is 2.83 bits per heavy atom. The Kier molecular flexibility index (Phi) is 4.74. The van der Waals surface area contributed by atoms with Gasteiger partial charge in [0.15, 0.2) is 0 Å². The normalized spacial score (nSPS) is 19.3. The summed E-state index contributed by atoms with van der Waals surface area (Å²) in [6.07, 6.45) is 1.77. The minimum Gasteiger partial charge on any atom is -0.379 e. The average Bonchev–Trinajstić information content (AvgIpc) is 2.76. The first-order chi connectivity index (χ1) is 8.66. The molecule has 1 fully saturated rings. The van der Waals surface area contributed by atoms with Crippen LogP contribution in [0.4, 0.5) is 0 Å². The van der Waals surface area contributed by atoms with Crippen molar-refractivity contribution in [1.82, 2.24) is 19.8 Å². The fourth-order valence-corrected chi connectivity index (χ4v) is 2.45. The number of ether oxygens (including phenoxy) is 1. The number of aryl methyl sites for hydroxylation is 1. The predicted octanol–water partition coefficient (Wildman–Crippen LogP) is 0.871. The van der Waals surface area contributed by atoms with E-state index in [0.29, 0.717) is 6.04 Å². The lowest BCUT2D eigenvalue weighted by Gasteiger charge is -2.34. The molecule has 0 aliphatic carbocycles. The third-order valence-corrected chi connectivity index (χ3v) is 3.60. The highest BCUT2D eigenvalue weighted by atomic mass is 16.5. The van der Waals surface area contributed by atoms with Crippen LogP contribution in [0.15, 0.2) is 6.33 Å². The molecule has 0 unspecified atom stereocenters. The van der Waals surface area contributed by atoms with Gasteiger partial charge in [-0.25, -0.2) is 4.98 Å². The third kappa shape index (κ3) is 3.54.